The molecule has 0 saturated carbocycles. The number of fused-ring (bicyclic) bond motifs is 3. The number of rotatable bonds is 5. The third-order valence-electron chi connectivity index (χ3n) is 5.55. The van der Waals surface area contributed by atoms with Gasteiger partial charge in [-0.15, -0.1) is 0 Å². The number of benzene rings is 3. The van der Waals surface area contributed by atoms with E-state index < -0.39 is 0 Å². The molecule has 3 aromatic rings. The van der Waals surface area contributed by atoms with Crippen LogP contribution >= 0.6 is 11.6 Å². The molecule has 0 unspecified atom stereocenters. The van der Waals surface area contributed by atoms with Gasteiger partial charge >= 0.3 is 0 Å². The van der Waals surface area contributed by atoms with E-state index in [0.717, 1.165) is 24.0 Å². The zero-order valence-corrected chi connectivity index (χ0v) is 16.5. The first kappa shape index (κ1) is 18.3. The van der Waals surface area contributed by atoms with Crippen LogP contribution in [0.1, 0.15) is 42.9 Å². The Balaban J connectivity index is 1.64. The molecule has 0 aromatic heterocycles. The van der Waals surface area contributed by atoms with Crippen LogP contribution in [0.5, 0.6) is 0 Å². The first-order valence-corrected chi connectivity index (χ1v) is 10.2. The molecule has 0 N–H and O–H groups in total. The Morgan fingerprint density at radius 1 is 0.815 bits per heavy atom. The fraction of sp³-hybridized carbons (Fsp3) is 0.280. The predicted molar refractivity (Wildman–Crippen MR) is 113 cm³/mol. The van der Waals surface area contributed by atoms with E-state index in [1.807, 2.05) is 6.07 Å². The van der Waals surface area contributed by atoms with Crippen molar-refractivity contribution in [3.05, 3.63) is 82.1 Å². The van der Waals surface area contributed by atoms with Gasteiger partial charge in [0.25, 0.3) is 0 Å². The molecule has 0 atom stereocenters. The van der Waals surface area contributed by atoms with Crippen LogP contribution in [0.2, 0.25) is 5.02 Å². The summed E-state index contributed by atoms with van der Waals surface area (Å²) >= 11 is 5.82. The highest BCUT2D eigenvalue weighted by molar-refractivity contribution is 6.30. The highest BCUT2D eigenvalue weighted by atomic mass is 35.5. The predicted octanol–water partition coefficient (Wildman–Crippen LogP) is 7.64. The van der Waals surface area contributed by atoms with Crippen molar-refractivity contribution in [1.29, 1.82) is 0 Å². The Hall–Kier alpha value is -2.12. The van der Waals surface area contributed by atoms with Crippen molar-refractivity contribution in [2.75, 3.05) is 0 Å². The lowest BCUT2D eigenvalue weighted by atomic mass is 9.83. The van der Waals surface area contributed by atoms with Gasteiger partial charge in [-0.25, -0.2) is 4.39 Å². The number of hydrogen-bond donors (Lipinski definition) is 0. The van der Waals surface area contributed by atoms with E-state index >= 15 is 0 Å². The summed E-state index contributed by atoms with van der Waals surface area (Å²) in [6.07, 6.45) is 7.11. The molecule has 0 heterocycles. The van der Waals surface area contributed by atoms with Crippen LogP contribution in [0.4, 0.5) is 4.39 Å². The van der Waals surface area contributed by atoms with Gasteiger partial charge in [-0.3, -0.25) is 0 Å². The average Bonchev–Trinajstić information content (AvgIpc) is 2.69. The van der Waals surface area contributed by atoms with Crippen LogP contribution in [0.25, 0.3) is 22.3 Å². The number of unbranched alkanes of at least 4 members (excludes halogenated alkanes) is 2. The summed E-state index contributed by atoms with van der Waals surface area (Å²) in [4.78, 5) is 0. The van der Waals surface area contributed by atoms with Crippen LogP contribution in [0, 0.1) is 5.82 Å². The minimum Gasteiger partial charge on any atom is -0.205 e. The molecule has 0 radical (unpaired) electrons. The van der Waals surface area contributed by atoms with E-state index in [1.165, 1.54) is 59.6 Å². The molecule has 0 aliphatic heterocycles. The van der Waals surface area contributed by atoms with Crippen molar-refractivity contribution in [3.8, 4) is 22.3 Å². The molecule has 1 aliphatic rings. The Labute approximate surface area is 166 Å². The van der Waals surface area contributed by atoms with E-state index in [4.69, 9.17) is 11.6 Å². The lowest BCUT2D eigenvalue weighted by Gasteiger charge is -2.21. The summed E-state index contributed by atoms with van der Waals surface area (Å²) in [6, 6.07) is 18.5. The third kappa shape index (κ3) is 3.80. The zero-order valence-electron chi connectivity index (χ0n) is 15.7. The third-order valence-corrected chi connectivity index (χ3v) is 5.86. The fourth-order valence-electron chi connectivity index (χ4n) is 4.04. The molecule has 27 heavy (non-hydrogen) atoms. The smallest absolute Gasteiger partial charge is 0.142 e. The average molecular weight is 379 g/mol. The van der Waals surface area contributed by atoms with Gasteiger partial charge in [0, 0.05) is 0 Å². The van der Waals surface area contributed by atoms with Crippen molar-refractivity contribution in [2.45, 2.75) is 45.4 Å². The summed E-state index contributed by atoms with van der Waals surface area (Å²) in [5.41, 5.74) is 8.84. The van der Waals surface area contributed by atoms with Gasteiger partial charge in [0.15, 0.2) is 0 Å². The fourth-order valence-corrected chi connectivity index (χ4v) is 4.16. The monoisotopic (exact) mass is 378 g/mol. The Morgan fingerprint density at radius 2 is 1.48 bits per heavy atom. The summed E-state index contributed by atoms with van der Waals surface area (Å²) in [7, 11) is 0. The van der Waals surface area contributed by atoms with E-state index in [0.29, 0.717) is 0 Å². The standard InChI is InChI=1S/C25H24ClF/c1-2-3-4-5-17-6-11-22-20(14-17)7-8-21-15-18(9-12-23(21)22)19-10-13-24(26)25(27)16-19/h6,9-16H,2-5,7-8H2,1H3. The molecule has 0 saturated heterocycles. The second-order valence-corrected chi connectivity index (χ2v) is 7.86. The maximum absolute atomic E-state index is 13.8. The maximum atomic E-state index is 13.8. The van der Waals surface area contributed by atoms with E-state index in [1.54, 1.807) is 6.07 Å². The van der Waals surface area contributed by atoms with Gasteiger partial charge in [0.05, 0.1) is 5.02 Å². The Bertz CT molecular complexity index is 974. The number of halogens is 2. The van der Waals surface area contributed by atoms with Gasteiger partial charge in [0.2, 0.25) is 0 Å². The molecule has 0 bridgehead atoms. The molecule has 0 amide bonds. The molecule has 2 heteroatoms. The summed E-state index contributed by atoms with van der Waals surface area (Å²) in [5, 5.41) is 0.167. The minimum atomic E-state index is -0.368. The molecule has 1 aliphatic carbocycles. The molecule has 0 fully saturated rings. The van der Waals surface area contributed by atoms with Gasteiger partial charge in [-0.05, 0) is 76.8 Å². The van der Waals surface area contributed by atoms with Gasteiger partial charge in [0.1, 0.15) is 5.82 Å². The summed E-state index contributed by atoms with van der Waals surface area (Å²) < 4.78 is 13.8. The van der Waals surface area contributed by atoms with Crippen molar-refractivity contribution < 1.29 is 4.39 Å². The summed E-state index contributed by atoms with van der Waals surface area (Å²) in [6.45, 7) is 2.25. The molecule has 138 valence electrons. The van der Waals surface area contributed by atoms with Crippen LogP contribution in [-0.4, -0.2) is 0 Å². The molecular formula is C25H24ClF. The van der Waals surface area contributed by atoms with Gasteiger partial charge in [-0.2, -0.15) is 0 Å². The first-order valence-electron chi connectivity index (χ1n) is 9.86. The Kier molecular flexibility index (Phi) is 5.31. The lowest BCUT2D eigenvalue weighted by molar-refractivity contribution is 0.629. The second-order valence-electron chi connectivity index (χ2n) is 7.45. The largest absolute Gasteiger partial charge is 0.205 e. The zero-order chi connectivity index (χ0) is 18.8. The van der Waals surface area contributed by atoms with Crippen LogP contribution < -0.4 is 0 Å². The molecule has 4 rings (SSSR count). The van der Waals surface area contributed by atoms with Crippen molar-refractivity contribution in [2.24, 2.45) is 0 Å². The van der Waals surface area contributed by atoms with E-state index in [2.05, 4.69) is 43.3 Å². The number of hydrogen-bond acceptors (Lipinski definition) is 0. The SMILES string of the molecule is CCCCCc1ccc2c(c1)CCc1cc(-c3ccc(Cl)c(F)c3)ccc1-2. The highest BCUT2D eigenvalue weighted by Crippen LogP contribution is 2.37. The quantitative estimate of drug-likeness (QED) is 0.400. The van der Waals surface area contributed by atoms with Gasteiger partial charge < -0.3 is 0 Å². The molecule has 3 aromatic carbocycles. The van der Waals surface area contributed by atoms with Crippen LogP contribution in [-0.2, 0) is 19.3 Å². The van der Waals surface area contributed by atoms with Crippen molar-refractivity contribution in [1.82, 2.24) is 0 Å². The normalized spacial score (nSPS) is 12.6. The van der Waals surface area contributed by atoms with Crippen LogP contribution in [0.15, 0.2) is 54.6 Å². The first-order chi connectivity index (χ1) is 13.2. The topological polar surface area (TPSA) is 0 Å². The Morgan fingerprint density at radius 3 is 2.22 bits per heavy atom. The van der Waals surface area contributed by atoms with Crippen LogP contribution in [0.3, 0.4) is 0 Å². The summed E-state index contributed by atoms with van der Waals surface area (Å²) in [5.74, 6) is -0.368. The minimum absolute atomic E-state index is 0.167. The van der Waals surface area contributed by atoms with Crippen molar-refractivity contribution >= 4 is 11.6 Å². The van der Waals surface area contributed by atoms with E-state index in [-0.39, 0.29) is 10.8 Å². The molecule has 0 nitrogen and oxygen atoms in total. The lowest BCUT2D eigenvalue weighted by Crippen LogP contribution is -2.05. The molecule has 0 spiro atoms. The highest BCUT2D eigenvalue weighted by Gasteiger charge is 2.17. The van der Waals surface area contributed by atoms with Crippen molar-refractivity contribution in [3.63, 3.8) is 0 Å². The second kappa shape index (κ2) is 7.86. The van der Waals surface area contributed by atoms with Gasteiger partial charge in [-0.1, -0.05) is 73.8 Å². The van der Waals surface area contributed by atoms with E-state index in [9.17, 15) is 4.39 Å². The molecular weight excluding hydrogens is 355 g/mol. The maximum Gasteiger partial charge on any atom is 0.142 e. The number of aryl methyl sites for hydroxylation is 3.